The zero-order valence-corrected chi connectivity index (χ0v) is 11.1. The summed E-state index contributed by atoms with van der Waals surface area (Å²) < 4.78 is 0. The van der Waals surface area contributed by atoms with Crippen LogP contribution < -0.4 is 0 Å². The van der Waals surface area contributed by atoms with Crippen LogP contribution in [0.25, 0.3) is 15.6 Å². The van der Waals surface area contributed by atoms with E-state index >= 15 is 0 Å². The normalized spacial score (nSPS) is 14.2. The van der Waals surface area contributed by atoms with Crippen molar-refractivity contribution in [1.82, 2.24) is 4.98 Å². The molecule has 0 N–H and O–H groups in total. The first kappa shape index (κ1) is 11.5. The Morgan fingerprint density at radius 1 is 1.28 bits per heavy atom. The summed E-state index contributed by atoms with van der Waals surface area (Å²) in [7, 11) is 0. The summed E-state index contributed by atoms with van der Waals surface area (Å²) in [5.74, 6) is 0. The first-order valence-corrected chi connectivity index (χ1v) is 6.88. The summed E-state index contributed by atoms with van der Waals surface area (Å²) in [6.45, 7) is 0. The molecule has 0 atom stereocenters. The van der Waals surface area contributed by atoms with Gasteiger partial charge in [0.15, 0.2) is 0 Å². The molecule has 4 heteroatoms. The maximum Gasteiger partial charge on any atom is 0.0963 e. The number of halogens is 1. The van der Waals surface area contributed by atoms with Gasteiger partial charge in [0.25, 0.3) is 0 Å². The number of nitrogens with zero attached hydrogens (tertiary/aromatic N) is 2. The van der Waals surface area contributed by atoms with Crippen molar-refractivity contribution in [3.8, 4) is 16.6 Å². The highest BCUT2D eigenvalue weighted by Gasteiger charge is 2.19. The van der Waals surface area contributed by atoms with Crippen molar-refractivity contribution >= 4 is 28.0 Å². The van der Waals surface area contributed by atoms with E-state index in [2.05, 4.69) is 17.1 Å². The summed E-state index contributed by atoms with van der Waals surface area (Å²) in [5.41, 5.74) is 3.54. The number of pyridine rings is 1. The first-order valence-electron chi connectivity index (χ1n) is 5.62. The number of aromatic nitrogens is 1. The standard InChI is InChI=1S/C14H9ClN2S/c15-14-9(8-16)3-5-11-10(14)4-6-12(17-11)13-2-1-7-18-13/h1-2,4,6-7H,3,5H2. The van der Waals surface area contributed by atoms with Crippen LogP contribution in [-0.4, -0.2) is 4.98 Å². The van der Waals surface area contributed by atoms with E-state index in [1.165, 1.54) is 0 Å². The van der Waals surface area contributed by atoms with Crippen LogP contribution in [0.15, 0.2) is 35.2 Å². The van der Waals surface area contributed by atoms with E-state index in [0.717, 1.165) is 28.2 Å². The third-order valence-corrected chi connectivity index (χ3v) is 4.32. The van der Waals surface area contributed by atoms with Gasteiger partial charge in [-0.1, -0.05) is 17.7 Å². The summed E-state index contributed by atoms with van der Waals surface area (Å²) in [5, 5.41) is 11.6. The SMILES string of the molecule is N#CC1=C(Cl)c2ccc(-c3cccs3)nc2CC1. The Labute approximate surface area is 114 Å². The Kier molecular flexibility index (Phi) is 2.91. The molecule has 2 heterocycles. The quantitative estimate of drug-likeness (QED) is 0.779. The summed E-state index contributed by atoms with van der Waals surface area (Å²) in [4.78, 5) is 5.81. The predicted molar refractivity (Wildman–Crippen MR) is 74.3 cm³/mol. The van der Waals surface area contributed by atoms with Crippen LogP contribution in [0.2, 0.25) is 0 Å². The van der Waals surface area contributed by atoms with Gasteiger partial charge in [-0.3, -0.25) is 4.98 Å². The zero-order chi connectivity index (χ0) is 12.5. The van der Waals surface area contributed by atoms with Crippen LogP contribution in [0.1, 0.15) is 17.7 Å². The smallest absolute Gasteiger partial charge is 0.0963 e. The molecule has 0 radical (unpaired) electrons. The molecule has 0 saturated carbocycles. The number of aryl methyl sites for hydroxylation is 1. The van der Waals surface area contributed by atoms with Gasteiger partial charge in [-0.2, -0.15) is 5.26 Å². The van der Waals surface area contributed by atoms with E-state index < -0.39 is 0 Å². The lowest BCUT2D eigenvalue weighted by atomic mass is 9.96. The number of rotatable bonds is 1. The van der Waals surface area contributed by atoms with Gasteiger partial charge in [0, 0.05) is 11.1 Å². The number of allylic oxidation sites excluding steroid dienone is 1. The maximum atomic E-state index is 8.98. The molecular formula is C14H9ClN2S. The van der Waals surface area contributed by atoms with Gasteiger partial charge in [0.1, 0.15) is 0 Å². The Balaban J connectivity index is 2.10. The average molecular weight is 273 g/mol. The van der Waals surface area contributed by atoms with Gasteiger partial charge in [0.05, 0.1) is 27.4 Å². The molecule has 0 saturated heterocycles. The monoisotopic (exact) mass is 272 g/mol. The van der Waals surface area contributed by atoms with Gasteiger partial charge < -0.3 is 0 Å². The highest BCUT2D eigenvalue weighted by molar-refractivity contribution is 7.13. The fourth-order valence-electron chi connectivity index (χ4n) is 2.07. The van der Waals surface area contributed by atoms with Gasteiger partial charge in [-0.25, -0.2) is 0 Å². The second-order valence-electron chi connectivity index (χ2n) is 4.07. The Hall–Kier alpha value is -1.63. The van der Waals surface area contributed by atoms with E-state index in [1.807, 2.05) is 23.6 Å². The number of hydrogen-bond donors (Lipinski definition) is 0. The lowest BCUT2D eigenvalue weighted by molar-refractivity contribution is 0.903. The van der Waals surface area contributed by atoms with Crippen LogP contribution >= 0.6 is 22.9 Å². The minimum absolute atomic E-state index is 0.559. The summed E-state index contributed by atoms with van der Waals surface area (Å²) in [6.07, 6.45) is 1.47. The Bertz CT molecular complexity index is 666. The minimum atomic E-state index is 0.559. The van der Waals surface area contributed by atoms with Crippen LogP contribution in [0.5, 0.6) is 0 Å². The molecule has 88 valence electrons. The van der Waals surface area contributed by atoms with Crippen molar-refractivity contribution in [3.63, 3.8) is 0 Å². The lowest BCUT2D eigenvalue weighted by Crippen LogP contribution is -2.04. The van der Waals surface area contributed by atoms with Crippen LogP contribution in [0.4, 0.5) is 0 Å². The van der Waals surface area contributed by atoms with E-state index in [4.69, 9.17) is 16.9 Å². The topological polar surface area (TPSA) is 36.7 Å². The third kappa shape index (κ3) is 1.84. The Morgan fingerprint density at radius 2 is 2.17 bits per heavy atom. The second kappa shape index (κ2) is 4.56. The predicted octanol–water partition coefficient (Wildman–Crippen LogP) is 4.23. The minimum Gasteiger partial charge on any atom is -0.251 e. The molecule has 3 rings (SSSR count). The average Bonchev–Trinajstić information content (AvgIpc) is 2.93. The molecule has 2 aromatic heterocycles. The Morgan fingerprint density at radius 3 is 2.89 bits per heavy atom. The van der Waals surface area contributed by atoms with Crippen molar-refractivity contribution in [3.05, 3.63) is 46.5 Å². The van der Waals surface area contributed by atoms with Crippen molar-refractivity contribution in [2.75, 3.05) is 0 Å². The highest BCUT2D eigenvalue weighted by atomic mass is 35.5. The van der Waals surface area contributed by atoms with Crippen LogP contribution in [-0.2, 0) is 6.42 Å². The van der Waals surface area contributed by atoms with E-state index in [-0.39, 0.29) is 0 Å². The third-order valence-electron chi connectivity index (χ3n) is 3.00. The summed E-state index contributed by atoms with van der Waals surface area (Å²) >= 11 is 7.88. The lowest BCUT2D eigenvalue weighted by Gasteiger charge is -2.15. The van der Waals surface area contributed by atoms with E-state index in [1.54, 1.807) is 11.3 Å². The van der Waals surface area contributed by atoms with Gasteiger partial charge in [0.2, 0.25) is 0 Å². The first-order chi connectivity index (χ1) is 8.79. The maximum absolute atomic E-state index is 8.98. The molecule has 1 aliphatic carbocycles. The van der Waals surface area contributed by atoms with Crippen LogP contribution in [0.3, 0.4) is 0 Å². The number of nitriles is 1. The van der Waals surface area contributed by atoms with E-state index in [9.17, 15) is 0 Å². The molecule has 0 amide bonds. The fourth-order valence-corrected chi connectivity index (χ4v) is 3.08. The molecule has 2 nitrogen and oxygen atoms in total. The molecule has 0 aliphatic heterocycles. The zero-order valence-electron chi connectivity index (χ0n) is 9.48. The number of hydrogen-bond acceptors (Lipinski definition) is 3. The van der Waals surface area contributed by atoms with Gasteiger partial charge in [-0.15, -0.1) is 11.3 Å². The van der Waals surface area contributed by atoms with Crippen molar-refractivity contribution in [1.29, 1.82) is 5.26 Å². The molecule has 0 bridgehead atoms. The van der Waals surface area contributed by atoms with Crippen LogP contribution in [0, 0.1) is 11.3 Å². The van der Waals surface area contributed by atoms with Crippen molar-refractivity contribution in [2.24, 2.45) is 0 Å². The molecular weight excluding hydrogens is 264 g/mol. The summed E-state index contributed by atoms with van der Waals surface area (Å²) in [6, 6.07) is 10.2. The highest BCUT2D eigenvalue weighted by Crippen LogP contribution is 2.34. The largest absolute Gasteiger partial charge is 0.251 e. The molecule has 0 aromatic carbocycles. The number of thiophene rings is 1. The number of fused-ring (bicyclic) bond motifs is 1. The van der Waals surface area contributed by atoms with Gasteiger partial charge >= 0.3 is 0 Å². The van der Waals surface area contributed by atoms with E-state index in [0.29, 0.717) is 17.0 Å². The molecule has 1 aliphatic rings. The molecule has 18 heavy (non-hydrogen) atoms. The second-order valence-corrected chi connectivity index (χ2v) is 5.40. The molecule has 0 fully saturated rings. The molecule has 2 aromatic rings. The fraction of sp³-hybridized carbons (Fsp3) is 0.143. The van der Waals surface area contributed by atoms with Crippen molar-refractivity contribution in [2.45, 2.75) is 12.8 Å². The molecule has 0 unspecified atom stereocenters. The molecule has 0 spiro atoms. The van der Waals surface area contributed by atoms with Crippen molar-refractivity contribution < 1.29 is 0 Å². The van der Waals surface area contributed by atoms with Gasteiger partial charge in [-0.05, 0) is 36.4 Å².